The van der Waals surface area contributed by atoms with E-state index in [1.165, 1.54) is 18.4 Å². The molecule has 1 saturated carbocycles. The minimum absolute atomic E-state index is 0.554. The monoisotopic (exact) mass is 270 g/mol. The molecule has 0 aromatic heterocycles. The highest BCUT2D eigenvalue weighted by atomic mass is 16.5. The van der Waals surface area contributed by atoms with Crippen LogP contribution in [0.2, 0.25) is 0 Å². The maximum atomic E-state index is 6.04. The van der Waals surface area contributed by atoms with Gasteiger partial charge in [0.15, 0.2) is 11.5 Å². The lowest BCUT2D eigenvalue weighted by molar-refractivity contribution is 0.162. The fourth-order valence-electron chi connectivity index (χ4n) is 2.15. The van der Waals surface area contributed by atoms with Crippen molar-refractivity contribution in [2.75, 3.05) is 7.11 Å². The van der Waals surface area contributed by atoms with Crippen LogP contribution in [0.25, 0.3) is 0 Å². The Kier molecular flexibility index (Phi) is 5.05. The SMILES string of the molecule is C=C/C=C(OC)\C(OCc1ccccc1)=C(/C)C1CC1. The van der Waals surface area contributed by atoms with Crippen LogP contribution in [0.3, 0.4) is 0 Å². The average molecular weight is 270 g/mol. The van der Waals surface area contributed by atoms with Gasteiger partial charge in [0, 0.05) is 0 Å². The molecular weight excluding hydrogens is 248 g/mol. The van der Waals surface area contributed by atoms with Gasteiger partial charge in [-0.2, -0.15) is 0 Å². The van der Waals surface area contributed by atoms with Crippen LogP contribution in [-0.4, -0.2) is 7.11 Å². The fourth-order valence-corrected chi connectivity index (χ4v) is 2.15. The first-order valence-electron chi connectivity index (χ1n) is 7.00. The second-order valence-electron chi connectivity index (χ2n) is 5.03. The Morgan fingerprint density at radius 3 is 2.55 bits per heavy atom. The topological polar surface area (TPSA) is 18.5 Å². The Morgan fingerprint density at radius 1 is 1.30 bits per heavy atom. The molecule has 0 atom stereocenters. The van der Waals surface area contributed by atoms with Crippen molar-refractivity contribution in [3.63, 3.8) is 0 Å². The lowest BCUT2D eigenvalue weighted by Gasteiger charge is -2.16. The highest BCUT2D eigenvalue weighted by molar-refractivity contribution is 5.31. The van der Waals surface area contributed by atoms with Gasteiger partial charge in [0.1, 0.15) is 6.61 Å². The third-order valence-electron chi connectivity index (χ3n) is 3.49. The van der Waals surface area contributed by atoms with Gasteiger partial charge >= 0.3 is 0 Å². The van der Waals surface area contributed by atoms with E-state index in [4.69, 9.17) is 9.47 Å². The van der Waals surface area contributed by atoms with E-state index in [1.54, 1.807) is 13.2 Å². The maximum absolute atomic E-state index is 6.04. The van der Waals surface area contributed by atoms with E-state index >= 15 is 0 Å². The van der Waals surface area contributed by atoms with Crippen molar-refractivity contribution in [1.82, 2.24) is 0 Å². The minimum atomic E-state index is 0.554. The maximum Gasteiger partial charge on any atom is 0.160 e. The van der Waals surface area contributed by atoms with Crippen molar-refractivity contribution in [1.29, 1.82) is 0 Å². The second kappa shape index (κ2) is 6.99. The number of allylic oxidation sites excluding steroid dienone is 3. The van der Waals surface area contributed by atoms with Crippen molar-refractivity contribution in [2.45, 2.75) is 26.4 Å². The van der Waals surface area contributed by atoms with Crippen LogP contribution in [0.5, 0.6) is 0 Å². The molecule has 0 heterocycles. The minimum Gasteiger partial charge on any atom is -0.493 e. The molecule has 1 aliphatic rings. The van der Waals surface area contributed by atoms with E-state index in [-0.39, 0.29) is 0 Å². The number of hydrogen-bond acceptors (Lipinski definition) is 2. The normalized spacial score (nSPS) is 16.4. The van der Waals surface area contributed by atoms with Gasteiger partial charge in [-0.15, -0.1) is 0 Å². The van der Waals surface area contributed by atoms with Gasteiger partial charge in [-0.1, -0.05) is 43.0 Å². The van der Waals surface area contributed by atoms with E-state index < -0.39 is 0 Å². The number of methoxy groups -OCH3 is 1. The molecule has 20 heavy (non-hydrogen) atoms. The molecule has 0 radical (unpaired) electrons. The molecule has 1 aromatic rings. The predicted octanol–water partition coefficient (Wildman–Crippen LogP) is 4.60. The summed E-state index contributed by atoms with van der Waals surface area (Å²) in [4.78, 5) is 0. The Hall–Kier alpha value is -1.96. The van der Waals surface area contributed by atoms with Gasteiger partial charge in [0.2, 0.25) is 0 Å². The van der Waals surface area contributed by atoms with Crippen molar-refractivity contribution in [3.8, 4) is 0 Å². The van der Waals surface area contributed by atoms with Crippen LogP contribution in [0.15, 0.2) is 66.2 Å². The zero-order valence-corrected chi connectivity index (χ0v) is 12.3. The lowest BCUT2D eigenvalue weighted by Crippen LogP contribution is -2.03. The summed E-state index contributed by atoms with van der Waals surface area (Å²) in [7, 11) is 1.67. The smallest absolute Gasteiger partial charge is 0.160 e. The predicted molar refractivity (Wildman–Crippen MR) is 81.9 cm³/mol. The molecular formula is C18H22O2. The van der Waals surface area contributed by atoms with Gasteiger partial charge in [0.25, 0.3) is 0 Å². The fraction of sp³-hybridized carbons (Fsp3) is 0.333. The quantitative estimate of drug-likeness (QED) is 0.532. The van der Waals surface area contributed by atoms with Crippen LogP contribution in [-0.2, 0) is 16.1 Å². The summed E-state index contributed by atoms with van der Waals surface area (Å²) in [6.07, 6.45) is 6.07. The molecule has 1 fully saturated rings. The highest BCUT2D eigenvalue weighted by Crippen LogP contribution is 2.39. The molecule has 2 heteroatoms. The van der Waals surface area contributed by atoms with Gasteiger partial charge in [0.05, 0.1) is 7.11 Å². The summed E-state index contributed by atoms with van der Waals surface area (Å²) in [5.41, 5.74) is 2.43. The Labute approximate surface area is 121 Å². The molecule has 1 aromatic carbocycles. The van der Waals surface area contributed by atoms with E-state index in [9.17, 15) is 0 Å². The molecule has 0 amide bonds. The summed E-state index contributed by atoms with van der Waals surface area (Å²) < 4.78 is 11.5. The van der Waals surface area contributed by atoms with Gasteiger partial charge in [-0.25, -0.2) is 0 Å². The Balaban J connectivity index is 2.17. The molecule has 106 valence electrons. The molecule has 0 unspecified atom stereocenters. The zero-order valence-electron chi connectivity index (χ0n) is 12.3. The molecule has 1 aliphatic carbocycles. The molecule has 0 N–H and O–H groups in total. The van der Waals surface area contributed by atoms with Crippen LogP contribution >= 0.6 is 0 Å². The van der Waals surface area contributed by atoms with Crippen molar-refractivity contribution < 1.29 is 9.47 Å². The third-order valence-corrected chi connectivity index (χ3v) is 3.49. The van der Waals surface area contributed by atoms with E-state index in [0.29, 0.717) is 12.5 Å². The second-order valence-corrected chi connectivity index (χ2v) is 5.03. The Morgan fingerprint density at radius 2 is 2.00 bits per heavy atom. The summed E-state index contributed by atoms with van der Waals surface area (Å²) >= 11 is 0. The van der Waals surface area contributed by atoms with Gasteiger partial charge < -0.3 is 9.47 Å². The summed E-state index contributed by atoms with van der Waals surface area (Å²) in [5.74, 6) is 2.25. The van der Waals surface area contributed by atoms with Crippen LogP contribution < -0.4 is 0 Å². The zero-order chi connectivity index (χ0) is 14.4. The van der Waals surface area contributed by atoms with Gasteiger partial charge in [-0.05, 0) is 42.9 Å². The summed E-state index contributed by atoms with van der Waals surface area (Å²) in [6.45, 7) is 6.42. The average Bonchev–Trinajstić information content (AvgIpc) is 3.31. The number of benzene rings is 1. The van der Waals surface area contributed by atoms with Crippen molar-refractivity contribution in [2.24, 2.45) is 5.92 Å². The van der Waals surface area contributed by atoms with E-state index in [1.807, 2.05) is 24.3 Å². The van der Waals surface area contributed by atoms with E-state index in [2.05, 4.69) is 25.6 Å². The number of ether oxygens (including phenoxy) is 2. The summed E-state index contributed by atoms with van der Waals surface area (Å²) in [5, 5.41) is 0. The van der Waals surface area contributed by atoms with Gasteiger partial charge in [-0.3, -0.25) is 0 Å². The van der Waals surface area contributed by atoms with Crippen LogP contribution in [0, 0.1) is 5.92 Å². The van der Waals surface area contributed by atoms with E-state index in [0.717, 1.165) is 17.1 Å². The number of hydrogen-bond donors (Lipinski definition) is 0. The molecule has 0 bridgehead atoms. The summed E-state index contributed by atoms with van der Waals surface area (Å²) in [6, 6.07) is 10.2. The van der Waals surface area contributed by atoms with Crippen LogP contribution in [0.1, 0.15) is 25.3 Å². The first-order valence-corrected chi connectivity index (χ1v) is 7.00. The van der Waals surface area contributed by atoms with Crippen molar-refractivity contribution >= 4 is 0 Å². The molecule has 0 saturated heterocycles. The lowest BCUT2D eigenvalue weighted by atomic mass is 10.1. The van der Waals surface area contributed by atoms with Crippen molar-refractivity contribution in [3.05, 3.63) is 71.7 Å². The molecule has 0 spiro atoms. The molecule has 2 nitrogen and oxygen atoms in total. The molecule has 2 rings (SSSR count). The molecule has 0 aliphatic heterocycles. The standard InChI is InChI=1S/C18H22O2/c1-4-8-17(19-3)18(14(2)16-11-12-16)20-13-15-9-6-5-7-10-15/h4-10,16H,1,11-13H2,2-3H3/b17-8+,18-14-. The Bertz CT molecular complexity index is 507. The third kappa shape index (κ3) is 3.77. The first kappa shape index (κ1) is 14.4. The first-order chi connectivity index (χ1) is 9.76. The van der Waals surface area contributed by atoms with Crippen LogP contribution in [0.4, 0.5) is 0 Å². The highest BCUT2D eigenvalue weighted by Gasteiger charge is 2.27. The largest absolute Gasteiger partial charge is 0.493 e. The number of rotatable bonds is 7.